The van der Waals surface area contributed by atoms with E-state index < -0.39 is 0 Å². The second-order valence-electron chi connectivity index (χ2n) is 4.78. The number of aryl methyl sites for hydroxylation is 1. The number of ether oxygens (including phenoxy) is 1. The van der Waals surface area contributed by atoms with Gasteiger partial charge in [-0.2, -0.15) is 0 Å². The highest BCUT2D eigenvalue weighted by Gasteiger charge is 2.23. The Balaban J connectivity index is 2.12. The lowest BCUT2D eigenvalue weighted by atomic mass is 10.0. The first kappa shape index (κ1) is 14.6. The summed E-state index contributed by atoms with van der Waals surface area (Å²) in [6.07, 6.45) is 1.64. The molecule has 1 fully saturated rings. The van der Waals surface area contributed by atoms with Crippen LogP contribution in [0.15, 0.2) is 18.2 Å². The first-order chi connectivity index (χ1) is 9.74. The Morgan fingerprint density at radius 1 is 1.55 bits per heavy atom. The topological polar surface area (TPSA) is 64.3 Å². The van der Waals surface area contributed by atoms with Gasteiger partial charge in [0.25, 0.3) is 0 Å². The van der Waals surface area contributed by atoms with Crippen LogP contribution in [0.1, 0.15) is 24.5 Å². The van der Waals surface area contributed by atoms with Gasteiger partial charge in [-0.25, -0.2) is 0 Å². The van der Waals surface area contributed by atoms with Crippen molar-refractivity contribution >= 4 is 11.6 Å². The van der Waals surface area contributed by atoms with E-state index in [1.165, 1.54) is 0 Å². The first-order valence-corrected chi connectivity index (χ1v) is 6.95. The lowest BCUT2D eigenvalue weighted by molar-refractivity contribution is -0.119. The van der Waals surface area contributed by atoms with Gasteiger partial charge in [0.05, 0.1) is 19.1 Å². The van der Waals surface area contributed by atoms with Crippen molar-refractivity contribution < 1.29 is 9.53 Å². The highest BCUT2D eigenvalue weighted by atomic mass is 16.5. The Labute approximate surface area is 119 Å². The number of nitrogens with two attached hydrogens (primary N) is 1. The summed E-state index contributed by atoms with van der Waals surface area (Å²) in [5.74, 6) is 5.85. The molecule has 1 heterocycles. The molecule has 1 aromatic carbocycles. The third-order valence-corrected chi connectivity index (χ3v) is 3.38. The molecule has 1 aromatic rings. The fourth-order valence-corrected chi connectivity index (χ4v) is 2.22. The molecule has 1 amide bonds. The van der Waals surface area contributed by atoms with Gasteiger partial charge in [0.1, 0.15) is 0 Å². The fraction of sp³-hybridized carbons (Fsp3) is 0.438. The van der Waals surface area contributed by atoms with Crippen molar-refractivity contribution in [3.8, 4) is 11.8 Å². The SMILES string of the molecule is CCc1cc(C#CCN)ccc1NC(=O)C1CCOC1. The highest BCUT2D eigenvalue weighted by molar-refractivity contribution is 5.93. The summed E-state index contributed by atoms with van der Waals surface area (Å²) in [6, 6.07) is 5.82. The quantitative estimate of drug-likeness (QED) is 0.820. The Morgan fingerprint density at radius 3 is 3.05 bits per heavy atom. The van der Waals surface area contributed by atoms with E-state index in [0.29, 0.717) is 19.8 Å². The molecule has 20 heavy (non-hydrogen) atoms. The van der Waals surface area contributed by atoms with Crippen molar-refractivity contribution in [3.63, 3.8) is 0 Å². The molecular formula is C16H20N2O2. The summed E-state index contributed by atoms with van der Waals surface area (Å²) in [4.78, 5) is 12.1. The van der Waals surface area contributed by atoms with Crippen LogP contribution in [0.4, 0.5) is 5.69 Å². The monoisotopic (exact) mass is 272 g/mol. The zero-order valence-electron chi connectivity index (χ0n) is 11.7. The minimum atomic E-state index is -0.0311. The number of anilines is 1. The van der Waals surface area contributed by atoms with Crippen LogP contribution >= 0.6 is 0 Å². The van der Waals surface area contributed by atoms with Gasteiger partial charge in [-0.1, -0.05) is 18.8 Å². The fourth-order valence-electron chi connectivity index (χ4n) is 2.22. The third-order valence-electron chi connectivity index (χ3n) is 3.38. The number of carbonyl (C=O) groups excluding carboxylic acids is 1. The van der Waals surface area contributed by atoms with Gasteiger partial charge in [0.2, 0.25) is 5.91 Å². The van der Waals surface area contributed by atoms with Crippen molar-refractivity contribution in [2.45, 2.75) is 19.8 Å². The molecule has 2 rings (SSSR count). The van der Waals surface area contributed by atoms with Gasteiger partial charge < -0.3 is 15.8 Å². The minimum Gasteiger partial charge on any atom is -0.381 e. The van der Waals surface area contributed by atoms with Gasteiger partial charge in [-0.15, -0.1) is 0 Å². The second-order valence-corrected chi connectivity index (χ2v) is 4.78. The maximum Gasteiger partial charge on any atom is 0.229 e. The van der Waals surface area contributed by atoms with Crippen LogP contribution < -0.4 is 11.1 Å². The number of nitrogens with one attached hydrogen (secondary N) is 1. The summed E-state index contributed by atoms with van der Waals surface area (Å²) < 4.78 is 5.24. The summed E-state index contributed by atoms with van der Waals surface area (Å²) >= 11 is 0. The Kier molecular flexibility index (Phi) is 5.16. The molecule has 3 N–H and O–H groups in total. The second kappa shape index (κ2) is 7.09. The van der Waals surface area contributed by atoms with Crippen LogP contribution in [0.5, 0.6) is 0 Å². The Bertz CT molecular complexity index is 537. The molecule has 0 radical (unpaired) electrons. The predicted octanol–water partition coefficient (Wildman–Crippen LogP) is 1.53. The lowest BCUT2D eigenvalue weighted by Gasteiger charge is -2.13. The van der Waals surface area contributed by atoms with Crippen LogP contribution in [0.3, 0.4) is 0 Å². The zero-order valence-corrected chi connectivity index (χ0v) is 11.7. The van der Waals surface area contributed by atoms with E-state index >= 15 is 0 Å². The largest absolute Gasteiger partial charge is 0.381 e. The molecule has 0 aromatic heterocycles. The molecule has 1 unspecified atom stereocenters. The molecule has 4 heteroatoms. The summed E-state index contributed by atoms with van der Waals surface area (Å²) in [6.45, 7) is 3.60. The average molecular weight is 272 g/mol. The molecule has 1 atom stereocenters. The van der Waals surface area contributed by atoms with Gasteiger partial charge in [0.15, 0.2) is 0 Å². The van der Waals surface area contributed by atoms with Crippen LogP contribution in [0.2, 0.25) is 0 Å². The Morgan fingerprint density at radius 2 is 2.40 bits per heavy atom. The lowest BCUT2D eigenvalue weighted by Crippen LogP contribution is -2.23. The van der Waals surface area contributed by atoms with Crippen molar-refractivity contribution in [1.82, 2.24) is 0 Å². The molecule has 0 spiro atoms. The number of rotatable bonds is 3. The number of benzene rings is 1. The average Bonchev–Trinajstić information content (AvgIpc) is 3.00. The molecule has 0 saturated carbocycles. The highest BCUT2D eigenvalue weighted by Crippen LogP contribution is 2.21. The molecule has 0 aliphatic carbocycles. The van der Waals surface area contributed by atoms with Gasteiger partial charge >= 0.3 is 0 Å². The molecule has 1 aliphatic heterocycles. The molecule has 4 nitrogen and oxygen atoms in total. The van der Waals surface area contributed by atoms with Crippen molar-refractivity contribution in [3.05, 3.63) is 29.3 Å². The summed E-state index contributed by atoms with van der Waals surface area (Å²) in [7, 11) is 0. The summed E-state index contributed by atoms with van der Waals surface area (Å²) in [5, 5.41) is 2.99. The standard InChI is InChI=1S/C16H20N2O2/c1-2-13-10-12(4-3-8-17)5-6-15(13)18-16(19)14-7-9-20-11-14/h5-6,10,14H,2,7-9,11,17H2,1H3,(H,18,19). The van der Waals surface area contributed by atoms with E-state index in [-0.39, 0.29) is 11.8 Å². The van der Waals surface area contributed by atoms with Gasteiger partial charge in [-0.3, -0.25) is 4.79 Å². The van der Waals surface area contributed by atoms with Crippen molar-refractivity contribution in [1.29, 1.82) is 0 Å². The number of amides is 1. The van der Waals surface area contributed by atoms with Crippen LogP contribution in [-0.4, -0.2) is 25.7 Å². The van der Waals surface area contributed by atoms with E-state index in [9.17, 15) is 4.79 Å². The van der Waals surface area contributed by atoms with Crippen LogP contribution in [0, 0.1) is 17.8 Å². The minimum absolute atomic E-state index is 0.0311. The van der Waals surface area contributed by atoms with E-state index in [4.69, 9.17) is 10.5 Å². The molecule has 1 saturated heterocycles. The van der Waals surface area contributed by atoms with E-state index in [1.807, 2.05) is 18.2 Å². The van der Waals surface area contributed by atoms with Crippen LogP contribution in [0.25, 0.3) is 0 Å². The first-order valence-electron chi connectivity index (χ1n) is 6.95. The van der Waals surface area contributed by atoms with E-state index in [1.54, 1.807) is 0 Å². The van der Waals surface area contributed by atoms with E-state index in [0.717, 1.165) is 29.7 Å². The number of carbonyl (C=O) groups is 1. The number of hydrogen-bond donors (Lipinski definition) is 2. The normalized spacial score (nSPS) is 17.4. The van der Waals surface area contributed by atoms with E-state index in [2.05, 4.69) is 24.1 Å². The van der Waals surface area contributed by atoms with Crippen LogP contribution in [-0.2, 0) is 16.0 Å². The maximum atomic E-state index is 12.1. The zero-order chi connectivity index (χ0) is 14.4. The van der Waals surface area contributed by atoms with Crippen molar-refractivity contribution in [2.24, 2.45) is 11.7 Å². The Hall–Kier alpha value is -1.83. The summed E-state index contributed by atoms with van der Waals surface area (Å²) in [5.41, 5.74) is 8.24. The van der Waals surface area contributed by atoms with Crippen molar-refractivity contribution in [2.75, 3.05) is 25.1 Å². The smallest absolute Gasteiger partial charge is 0.229 e. The molecule has 1 aliphatic rings. The van der Waals surface area contributed by atoms with Gasteiger partial charge in [-0.05, 0) is 36.6 Å². The number of hydrogen-bond acceptors (Lipinski definition) is 3. The maximum absolute atomic E-state index is 12.1. The van der Waals surface area contributed by atoms with Gasteiger partial charge in [0, 0.05) is 17.9 Å². The predicted molar refractivity (Wildman–Crippen MR) is 79.3 cm³/mol. The third kappa shape index (κ3) is 3.60. The molecule has 106 valence electrons. The molecule has 0 bridgehead atoms. The molecular weight excluding hydrogens is 252 g/mol.